The van der Waals surface area contributed by atoms with E-state index in [2.05, 4.69) is 50.8 Å². The quantitative estimate of drug-likeness (QED) is 0.531. The molecule has 0 radical (unpaired) electrons. The highest BCUT2D eigenvalue weighted by atomic mass is 15.1. The molecule has 1 heteroatoms. The van der Waals surface area contributed by atoms with Gasteiger partial charge in [-0.2, -0.15) is 0 Å². The largest absolute Gasteiger partial charge is 0.371 e. The van der Waals surface area contributed by atoms with Gasteiger partial charge in [0.05, 0.1) is 0 Å². The van der Waals surface area contributed by atoms with Crippen LogP contribution in [0.25, 0.3) is 0 Å². The lowest BCUT2D eigenvalue weighted by Crippen LogP contribution is -2.26. The molecule has 1 nitrogen and oxygen atoms in total. The van der Waals surface area contributed by atoms with Crippen molar-refractivity contribution < 1.29 is 0 Å². The van der Waals surface area contributed by atoms with E-state index in [9.17, 15) is 0 Å². The third-order valence-corrected chi connectivity index (χ3v) is 3.98. The number of benzene rings is 1. The number of rotatable bonds is 9. The molecule has 0 aromatic heterocycles. The lowest BCUT2D eigenvalue weighted by molar-refractivity contribution is 0.635. The molecular weight excluding hydrogens is 230 g/mol. The van der Waals surface area contributed by atoms with Crippen molar-refractivity contribution in [3.63, 3.8) is 0 Å². The first-order valence-corrected chi connectivity index (χ1v) is 8.01. The van der Waals surface area contributed by atoms with Gasteiger partial charge in [0, 0.05) is 18.8 Å². The van der Waals surface area contributed by atoms with Crippen LogP contribution in [-0.2, 0) is 0 Å². The molecule has 0 aliphatic rings. The van der Waals surface area contributed by atoms with Crippen molar-refractivity contribution >= 4 is 5.69 Å². The SMILES string of the molecule is CCCCCN(CCCCC)c1cccc(C)c1C. The summed E-state index contributed by atoms with van der Waals surface area (Å²) in [6.07, 6.45) is 7.92. The van der Waals surface area contributed by atoms with Crippen LogP contribution in [0, 0.1) is 13.8 Å². The first-order chi connectivity index (χ1) is 9.20. The van der Waals surface area contributed by atoms with Crippen LogP contribution in [0.5, 0.6) is 0 Å². The van der Waals surface area contributed by atoms with E-state index in [1.807, 2.05) is 0 Å². The molecule has 0 unspecified atom stereocenters. The summed E-state index contributed by atoms with van der Waals surface area (Å²) in [5.74, 6) is 0. The lowest BCUT2D eigenvalue weighted by Gasteiger charge is -2.27. The van der Waals surface area contributed by atoms with Crippen molar-refractivity contribution in [2.24, 2.45) is 0 Å². The van der Waals surface area contributed by atoms with Gasteiger partial charge in [-0.15, -0.1) is 0 Å². The summed E-state index contributed by atoms with van der Waals surface area (Å²) >= 11 is 0. The smallest absolute Gasteiger partial charge is 0.0398 e. The van der Waals surface area contributed by atoms with Gasteiger partial charge in [-0.3, -0.25) is 0 Å². The van der Waals surface area contributed by atoms with E-state index in [1.165, 1.54) is 68.4 Å². The van der Waals surface area contributed by atoms with E-state index in [0.717, 1.165) is 0 Å². The number of anilines is 1. The molecule has 1 aromatic rings. The maximum Gasteiger partial charge on any atom is 0.0398 e. The van der Waals surface area contributed by atoms with Crippen molar-refractivity contribution in [2.75, 3.05) is 18.0 Å². The van der Waals surface area contributed by atoms with Crippen LogP contribution < -0.4 is 4.90 Å². The second-order valence-electron chi connectivity index (χ2n) is 5.62. The minimum Gasteiger partial charge on any atom is -0.371 e. The zero-order chi connectivity index (χ0) is 14.1. The third kappa shape index (κ3) is 5.26. The number of aryl methyl sites for hydroxylation is 1. The minimum absolute atomic E-state index is 1.21. The number of nitrogens with zero attached hydrogens (tertiary/aromatic N) is 1. The summed E-state index contributed by atoms with van der Waals surface area (Å²) < 4.78 is 0. The predicted molar refractivity (Wildman–Crippen MR) is 87.2 cm³/mol. The summed E-state index contributed by atoms with van der Waals surface area (Å²) in [6.45, 7) is 11.5. The van der Waals surface area contributed by atoms with E-state index >= 15 is 0 Å². The summed E-state index contributed by atoms with van der Waals surface area (Å²) in [5.41, 5.74) is 4.32. The summed E-state index contributed by atoms with van der Waals surface area (Å²) in [6, 6.07) is 6.71. The molecule has 0 N–H and O–H groups in total. The van der Waals surface area contributed by atoms with Gasteiger partial charge in [-0.1, -0.05) is 51.7 Å². The van der Waals surface area contributed by atoms with Gasteiger partial charge < -0.3 is 4.90 Å². The van der Waals surface area contributed by atoms with Crippen molar-refractivity contribution in [1.82, 2.24) is 0 Å². The zero-order valence-corrected chi connectivity index (χ0v) is 13.3. The van der Waals surface area contributed by atoms with Gasteiger partial charge in [0.2, 0.25) is 0 Å². The fourth-order valence-corrected chi connectivity index (χ4v) is 2.54. The second kappa shape index (κ2) is 9.01. The topological polar surface area (TPSA) is 3.24 Å². The first-order valence-electron chi connectivity index (χ1n) is 8.01. The molecule has 0 heterocycles. The standard InChI is InChI=1S/C18H31N/c1-5-7-9-14-19(15-10-8-6-2)18-13-11-12-16(3)17(18)4/h11-13H,5-10,14-15H2,1-4H3. The van der Waals surface area contributed by atoms with Crippen LogP contribution in [-0.4, -0.2) is 13.1 Å². The minimum atomic E-state index is 1.21. The van der Waals surface area contributed by atoms with Crippen LogP contribution in [0.4, 0.5) is 5.69 Å². The normalized spacial score (nSPS) is 10.7. The Hall–Kier alpha value is -0.980. The maximum absolute atomic E-state index is 2.60. The monoisotopic (exact) mass is 261 g/mol. The van der Waals surface area contributed by atoms with Crippen molar-refractivity contribution in [1.29, 1.82) is 0 Å². The van der Waals surface area contributed by atoms with E-state index in [4.69, 9.17) is 0 Å². The Morgan fingerprint density at radius 3 is 1.95 bits per heavy atom. The van der Waals surface area contributed by atoms with Gasteiger partial charge in [-0.25, -0.2) is 0 Å². The lowest BCUT2D eigenvalue weighted by atomic mass is 10.1. The fourth-order valence-electron chi connectivity index (χ4n) is 2.54. The van der Waals surface area contributed by atoms with Gasteiger partial charge in [-0.05, 0) is 43.9 Å². The van der Waals surface area contributed by atoms with E-state index in [-0.39, 0.29) is 0 Å². The van der Waals surface area contributed by atoms with E-state index in [0.29, 0.717) is 0 Å². The Balaban J connectivity index is 2.72. The van der Waals surface area contributed by atoms with Gasteiger partial charge >= 0.3 is 0 Å². The van der Waals surface area contributed by atoms with Gasteiger partial charge in [0.25, 0.3) is 0 Å². The Labute approximate surface area is 120 Å². The molecule has 108 valence electrons. The number of unbranched alkanes of at least 4 members (excludes halogenated alkanes) is 4. The predicted octanol–water partition coefficient (Wildman–Crippen LogP) is 5.49. The molecule has 19 heavy (non-hydrogen) atoms. The molecule has 0 fully saturated rings. The molecule has 0 amide bonds. The second-order valence-corrected chi connectivity index (χ2v) is 5.62. The molecule has 0 aliphatic heterocycles. The molecule has 0 atom stereocenters. The average Bonchev–Trinajstić information content (AvgIpc) is 2.41. The fraction of sp³-hybridized carbons (Fsp3) is 0.667. The first kappa shape index (κ1) is 16.1. The molecule has 0 saturated carbocycles. The molecule has 1 aromatic carbocycles. The van der Waals surface area contributed by atoms with Crippen molar-refractivity contribution in [3.8, 4) is 0 Å². The molecule has 0 saturated heterocycles. The summed E-state index contributed by atoms with van der Waals surface area (Å²) in [4.78, 5) is 2.60. The third-order valence-electron chi connectivity index (χ3n) is 3.98. The van der Waals surface area contributed by atoms with Crippen molar-refractivity contribution in [2.45, 2.75) is 66.2 Å². The Kier molecular flexibility index (Phi) is 7.62. The zero-order valence-electron chi connectivity index (χ0n) is 13.3. The van der Waals surface area contributed by atoms with Crippen LogP contribution in [0.2, 0.25) is 0 Å². The number of hydrogen-bond acceptors (Lipinski definition) is 1. The van der Waals surface area contributed by atoms with Crippen LogP contribution >= 0.6 is 0 Å². The average molecular weight is 261 g/mol. The van der Waals surface area contributed by atoms with Gasteiger partial charge in [0.15, 0.2) is 0 Å². The summed E-state index contributed by atoms with van der Waals surface area (Å²) in [7, 11) is 0. The van der Waals surface area contributed by atoms with Crippen molar-refractivity contribution in [3.05, 3.63) is 29.3 Å². The van der Waals surface area contributed by atoms with E-state index < -0.39 is 0 Å². The summed E-state index contributed by atoms with van der Waals surface area (Å²) in [5, 5.41) is 0. The molecule has 1 rings (SSSR count). The number of hydrogen-bond donors (Lipinski definition) is 0. The van der Waals surface area contributed by atoms with Gasteiger partial charge in [0.1, 0.15) is 0 Å². The Morgan fingerprint density at radius 2 is 1.42 bits per heavy atom. The highest BCUT2D eigenvalue weighted by molar-refractivity contribution is 5.55. The van der Waals surface area contributed by atoms with Crippen LogP contribution in [0.3, 0.4) is 0 Å². The maximum atomic E-state index is 2.60. The Morgan fingerprint density at radius 1 is 0.842 bits per heavy atom. The molecule has 0 aliphatic carbocycles. The molecule has 0 spiro atoms. The highest BCUT2D eigenvalue weighted by Crippen LogP contribution is 2.23. The van der Waals surface area contributed by atoms with E-state index in [1.54, 1.807) is 0 Å². The highest BCUT2D eigenvalue weighted by Gasteiger charge is 2.09. The Bertz CT molecular complexity index is 347. The molecule has 0 bridgehead atoms. The van der Waals surface area contributed by atoms with Crippen LogP contribution in [0.1, 0.15) is 63.5 Å². The van der Waals surface area contributed by atoms with Crippen LogP contribution in [0.15, 0.2) is 18.2 Å². The molecular formula is C18H31N.